The lowest BCUT2D eigenvalue weighted by atomic mass is 10.1. The minimum atomic E-state index is -0.114. The average Bonchev–Trinajstić information content (AvgIpc) is 3.39. The average molecular weight is 472 g/mol. The molecule has 0 spiro atoms. The van der Waals surface area contributed by atoms with Crippen LogP contribution in [-0.2, 0) is 24.2 Å². The number of anilines is 1. The fourth-order valence-electron chi connectivity index (χ4n) is 3.84. The second kappa shape index (κ2) is 9.98. The third kappa shape index (κ3) is 4.86. The maximum absolute atomic E-state index is 12.7. The number of hydrogen-bond acceptors (Lipinski definition) is 7. The summed E-state index contributed by atoms with van der Waals surface area (Å²) in [4.78, 5) is 15.2. The van der Waals surface area contributed by atoms with Crippen LogP contribution in [0.3, 0.4) is 0 Å². The minimum Gasteiger partial charge on any atom is -0.316 e. The molecular formula is C22H25N5OS3. The number of hydrogen-bond donors (Lipinski definition) is 1. The molecular weight excluding hydrogens is 446 g/mol. The number of nitrogens with one attached hydrogen (secondary N) is 1. The lowest BCUT2D eigenvalue weighted by Gasteiger charge is -2.08. The summed E-state index contributed by atoms with van der Waals surface area (Å²) in [7, 11) is 0. The second-order valence-corrected chi connectivity index (χ2v) is 10.8. The number of carbonyl (C=O) groups is 1. The van der Waals surface area contributed by atoms with Gasteiger partial charge >= 0.3 is 0 Å². The molecule has 0 saturated carbocycles. The van der Waals surface area contributed by atoms with Gasteiger partial charge in [-0.05, 0) is 50.7 Å². The third-order valence-electron chi connectivity index (χ3n) is 5.27. The van der Waals surface area contributed by atoms with Crippen LogP contribution in [-0.4, -0.2) is 26.4 Å². The Hall–Kier alpha value is -2.15. The molecule has 6 nitrogen and oxygen atoms in total. The molecule has 3 heterocycles. The molecule has 31 heavy (non-hydrogen) atoms. The predicted molar refractivity (Wildman–Crippen MR) is 128 cm³/mol. The lowest BCUT2D eigenvalue weighted by molar-refractivity contribution is -0.113. The molecule has 1 aliphatic rings. The zero-order chi connectivity index (χ0) is 21.8. The molecule has 4 rings (SSSR count). The number of thioether (sulfide) groups is 1. The summed E-state index contributed by atoms with van der Waals surface area (Å²) in [6, 6.07) is 4.44. The standard InChI is InChI=1S/C22H25N5OS3/c1-3-9-27-20(15-10-14(2)29-12-15)25-26-22(27)30-13-19(28)24-21-17(11-23)16-7-5-4-6-8-18(16)31-21/h10,12H,3-9,13H2,1-2H3,(H,24,28). The van der Waals surface area contributed by atoms with Gasteiger partial charge in [0.05, 0.1) is 11.3 Å². The smallest absolute Gasteiger partial charge is 0.235 e. The van der Waals surface area contributed by atoms with Gasteiger partial charge in [-0.25, -0.2) is 0 Å². The molecule has 162 valence electrons. The van der Waals surface area contributed by atoms with Crippen LogP contribution in [0, 0.1) is 18.3 Å². The highest BCUT2D eigenvalue weighted by atomic mass is 32.2. The molecule has 1 amide bonds. The Kier molecular flexibility index (Phi) is 7.10. The molecule has 1 N–H and O–H groups in total. The van der Waals surface area contributed by atoms with E-state index in [1.165, 1.54) is 27.9 Å². The van der Waals surface area contributed by atoms with Crippen molar-refractivity contribution in [2.24, 2.45) is 0 Å². The van der Waals surface area contributed by atoms with Crippen LogP contribution >= 0.6 is 34.4 Å². The molecule has 3 aromatic rings. The Morgan fingerprint density at radius 1 is 1.32 bits per heavy atom. The second-order valence-electron chi connectivity index (χ2n) is 7.62. The van der Waals surface area contributed by atoms with Crippen molar-refractivity contribution in [3.05, 3.63) is 32.3 Å². The topological polar surface area (TPSA) is 83.6 Å². The lowest BCUT2D eigenvalue weighted by Crippen LogP contribution is -2.14. The largest absolute Gasteiger partial charge is 0.316 e. The predicted octanol–water partition coefficient (Wildman–Crippen LogP) is 5.66. The van der Waals surface area contributed by atoms with E-state index in [0.717, 1.165) is 60.8 Å². The Morgan fingerprint density at radius 3 is 2.90 bits per heavy atom. The zero-order valence-corrected chi connectivity index (χ0v) is 20.2. The maximum atomic E-state index is 12.7. The number of fused-ring (bicyclic) bond motifs is 1. The van der Waals surface area contributed by atoms with Crippen LogP contribution < -0.4 is 5.32 Å². The number of thiophene rings is 2. The molecule has 0 aliphatic heterocycles. The van der Waals surface area contributed by atoms with Crippen molar-refractivity contribution in [3.8, 4) is 17.5 Å². The van der Waals surface area contributed by atoms with Crippen molar-refractivity contribution in [1.82, 2.24) is 14.8 Å². The van der Waals surface area contributed by atoms with Crippen LogP contribution in [0.2, 0.25) is 0 Å². The van der Waals surface area contributed by atoms with Gasteiger partial charge in [0, 0.05) is 27.2 Å². The first-order chi connectivity index (χ1) is 15.1. The van der Waals surface area contributed by atoms with E-state index in [0.29, 0.717) is 10.6 Å². The van der Waals surface area contributed by atoms with Crippen molar-refractivity contribution >= 4 is 45.3 Å². The maximum Gasteiger partial charge on any atom is 0.235 e. The summed E-state index contributed by atoms with van der Waals surface area (Å²) in [5.74, 6) is 0.970. The molecule has 0 fully saturated rings. The molecule has 9 heteroatoms. The SMILES string of the molecule is CCCn1c(SCC(=O)Nc2sc3c(c2C#N)CCCCC3)nnc1-c1csc(C)c1. The van der Waals surface area contributed by atoms with Gasteiger partial charge in [-0.15, -0.1) is 32.9 Å². The Morgan fingerprint density at radius 2 is 2.16 bits per heavy atom. The van der Waals surface area contributed by atoms with Gasteiger partial charge in [0.25, 0.3) is 0 Å². The van der Waals surface area contributed by atoms with Crippen molar-refractivity contribution in [2.75, 3.05) is 11.1 Å². The van der Waals surface area contributed by atoms with Crippen LogP contribution in [0.25, 0.3) is 11.4 Å². The highest BCUT2D eigenvalue weighted by molar-refractivity contribution is 7.99. The highest BCUT2D eigenvalue weighted by Gasteiger charge is 2.22. The molecule has 0 atom stereocenters. The molecule has 0 bridgehead atoms. The van der Waals surface area contributed by atoms with Gasteiger partial charge in [0.1, 0.15) is 11.1 Å². The zero-order valence-electron chi connectivity index (χ0n) is 17.7. The van der Waals surface area contributed by atoms with E-state index in [-0.39, 0.29) is 11.7 Å². The van der Waals surface area contributed by atoms with E-state index in [9.17, 15) is 10.1 Å². The summed E-state index contributed by atoms with van der Waals surface area (Å²) in [6.07, 6.45) is 6.37. The first-order valence-electron chi connectivity index (χ1n) is 10.6. The van der Waals surface area contributed by atoms with E-state index < -0.39 is 0 Å². The fourth-order valence-corrected chi connectivity index (χ4v) is 6.54. The van der Waals surface area contributed by atoms with Gasteiger partial charge in [-0.2, -0.15) is 5.26 Å². The van der Waals surface area contributed by atoms with Crippen LogP contribution in [0.15, 0.2) is 16.6 Å². The monoisotopic (exact) mass is 471 g/mol. The summed E-state index contributed by atoms with van der Waals surface area (Å²) in [5.41, 5.74) is 2.87. The molecule has 0 aromatic carbocycles. The number of carbonyl (C=O) groups excluding carboxylic acids is 1. The first-order valence-corrected chi connectivity index (χ1v) is 13.2. The normalized spacial score (nSPS) is 13.5. The van der Waals surface area contributed by atoms with Crippen molar-refractivity contribution < 1.29 is 4.79 Å². The number of aryl methyl sites for hydroxylation is 2. The number of nitrogens with zero attached hydrogens (tertiary/aromatic N) is 4. The van der Waals surface area contributed by atoms with Crippen molar-refractivity contribution in [1.29, 1.82) is 5.26 Å². The minimum absolute atomic E-state index is 0.114. The number of amides is 1. The quantitative estimate of drug-likeness (QED) is 0.355. The number of aromatic nitrogens is 3. The van der Waals surface area contributed by atoms with Gasteiger partial charge in [-0.1, -0.05) is 25.1 Å². The van der Waals surface area contributed by atoms with Gasteiger partial charge in [0.2, 0.25) is 5.91 Å². The highest BCUT2D eigenvalue weighted by Crippen LogP contribution is 2.37. The van der Waals surface area contributed by atoms with Gasteiger partial charge in [0.15, 0.2) is 11.0 Å². The summed E-state index contributed by atoms with van der Waals surface area (Å²) < 4.78 is 2.09. The fraction of sp³-hybridized carbons (Fsp3) is 0.455. The van der Waals surface area contributed by atoms with Gasteiger partial charge < -0.3 is 9.88 Å². The van der Waals surface area contributed by atoms with E-state index in [4.69, 9.17) is 0 Å². The third-order valence-corrected chi connectivity index (χ3v) is 8.31. The molecule has 0 saturated heterocycles. The van der Waals surface area contributed by atoms with E-state index in [2.05, 4.69) is 51.4 Å². The van der Waals surface area contributed by atoms with Gasteiger partial charge in [-0.3, -0.25) is 4.79 Å². The summed E-state index contributed by atoms with van der Waals surface area (Å²) >= 11 is 4.65. The Bertz CT molecular complexity index is 1120. The van der Waals surface area contributed by atoms with E-state index >= 15 is 0 Å². The summed E-state index contributed by atoms with van der Waals surface area (Å²) in [5, 5.41) is 24.9. The summed E-state index contributed by atoms with van der Waals surface area (Å²) in [6.45, 7) is 5.00. The van der Waals surface area contributed by atoms with Crippen molar-refractivity contribution in [2.45, 2.75) is 64.1 Å². The Labute approximate surface area is 194 Å². The molecule has 0 unspecified atom stereocenters. The molecule has 1 aliphatic carbocycles. The van der Waals surface area contributed by atoms with E-state index in [1.807, 2.05) is 0 Å². The van der Waals surface area contributed by atoms with E-state index in [1.54, 1.807) is 22.7 Å². The molecule has 3 aromatic heterocycles. The van der Waals surface area contributed by atoms with Crippen LogP contribution in [0.1, 0.15) is 53.5 Å². The van der Waals surface area contributed by atoms with Crippen molar-refractivity contribution in [3.63, 3.8) is 0 Å². The Balaban J connectivity index is 1.46. The number of nitriles is 1. The number of rotatable bonds is 7. The van der Waals surface area contributed by atoms with Crippen LogP contribution in [0.4, 0.5) is 5.00 Å². The van der Waals surface area contributed by atoms with Crippen LogP contribution in [0.5, 0.6) is 0 Å². The first kappa shape index (κ1) is 22.1. The molecule has 0 radical (unpaired) electrons.